The van der Waals surface area contributed by atoms with Crippen molar-refractivity contribution in [3.05, 3.63) is 83.6 Å². The molecule has 0 aliphatic heterocycles. The summed E-state index contributed by atoms with van der Waals surface area (Å²) in [4.78, 5) is 28.3. The number of aromatic nitrogens is 1. The van der Waals surface area contributed by atoms with Crippen LogP contribution in [0.15, 0.2) is 66.9 Å². The summed E-state index contributed by atoms with van der Waals surface area (Å²) in [5.41, 5.74) is 1.03. The Labute approximate surface area is 150 Å². The molecule has 1 aromatic heterocycles. The number of nitrogens with zero attached hydrogens (tertiary/aromatic N) is 1. The number of ether oxygens (including phenoxy) is 1. The molecule has 0 atom stereocenters. The number of hydrogen-bond acceptors (Lipinski definition) is 4. The molecule has 0 fully saturated rings. The molecule has 0 saturated carbocycles. The van der Waals surface area contributed by atoms with Gasteiger partial charge in [-0.3, -0.25) is 4.79 Å². The number of hydrogen-bond donors (Lipinski definition) is 2. The molecule has 0 unspecified atom stereocenters. The van der Waals surface area contributed by atoms with Crippen LogP contribution in [0.25, 0.3) is 0 Å². The van der Waals surface area contributed by atoms with Gasteiger partial charge in [-0.05, 0) is 42.8 Å². The number of carbonyl (C=O) groups excluding carboxylic acids is 1. The molecule has 1 heterocycles. The van der Waals surface area contributed by atoms with E-state index in [0.717, 1.165) is 0 Å². The van der Waals surface area contributed by atoms with Gasteiger partial charge in [-0.25, -0.2) is 9.78 Å². The standard InChI is InChI=1S/C20H16N2O4/c1-13-7-5-11-16(17(13)20(24)25)22-18(23)15-10-6-12-21-19(15)26-14-8-3-2-4-9-14/h2-12H,1H3,(H,22,23)(H,24,25). The SMILES string of the molecule is Cc1cccc(NC(=O)c2cccnc2Oc2ccccc2)c1C(=O)O. The monoisotopic (exact) mass is 348 g/mol. The first-order chi connectivity index (χ1) is 12.6. The summed E-state index contributed by atoms with van der Waals surface area (Å²) in [6, 6.07) is 17.0. The number of rotatable bonds is 5. The highest BCUT2D eigenvalue weighted by atomic mass is 16.5. The minimum atomic E-state index is -1.11. The van der Waals surface area contributed by atoms with E-state index >= 15 is 0 Å². The number of nitrogens with one attached hydrogen (secondary N) is 1. The Morgan fingerprint density at radius 1 is 1.00 bits per heavy atom. The molecule has 0 bridgehead atoms. The van der Waals surface area contributed by atoms with Gasteiger partial charge in [-0.15, -0.1) is 0 Å². The molecule has 2 N–H and O–H groups in total. The van der Waals surface area contributed by atoms with Crippen LogP contribution in [0.4, 0.5) is 5.69 Å². The first kappa shape index (κ1) is 17.2. The average Bonchev–Trinajstić information content (AvgIpc) is 2.62. The average molecular weight is 348 g/mol. The number of aromatic carboxylic acids is 1. The summed E-state index contributed by atoms with van der Waals surface area (Å²) >= 11 is 0. The number of carboxylic acid groups (broad SMARTS) is 1. The van der Waals surface area contributed by atoms with Crippen LogP contribution in [0.3, 0.4) is 0 Å². The minimum Gasteiger partial charge on any atom is -0.478 e. The van der Waals surface area contributed by atoms with Crippen molar-refractivity contribution in [3.63, 3.8) is 0 Å². The van der Waals surface area contributed by atoms with Crippen LogP contribution in [0, 0.1) is 6.92 Å². The van der Waals surface area contributed by atoms with Crippen LogP contribution >= 0.6 is 0 Å². The zero-order valence-electron chi connectivity index (χ0n) is 14.0. The van der Waals surface area contributed by atoms with E-state index in [1.165, 1.54) is 6.20 Å². The van der Waals surface area contributed by atoms with E-state index in [9.17, 15) is 14.7 Å². The molecule has 0 aliphatic carbocycles. The maximum absolute atomic E-state index is 12.7. The van der Waals surface area contributed by atoms with Gasteiger partial charge in [0.2, 0.25) is 5.88 Å². The molecule has 3 aromatic rings. The lowest BCUT2D eigenvalue weighted by atomic mass is 10.1. The maximum atomic E-state index is 12.7. The molecule has 130 valence electrons. The van der Waals surface area contributed by atoms with Gasteiger partial charge in [-0.1, -0.05) is 30.3 Å². The van der Waals surface area contributed by atoms with E-state index in [4.69, 9.17) is 4.74 Å². The summed E-state index contributed by atoms with van der Waals surface area (Å²) < 4.78 is 5.68. The molecule has 0 radical (unpaired) electrons. The molecule has 2 aromatic carbocycles. The Bertz CT molecular complexity index is 955. The van der Waals surface area contributed by atoms with E-state index in [-0.39, 0.29) is 22.7 Å². The van der Waals surface area contributed by atoms with Crippen molar-refractivity contribution in [1.29, 1.82) is 0 Å². The van der Waals surface area contributed by atoms with Gasteiger partial charge in [0.25, 0.3) is 5.91 Å². The van der Waals surface area contributed by atoms with Crippen LogP contribution in [-0.4, -0.2) is 22.0 Å². The fourth-order valence-corrected chi connectivity index (χ4v) is 2.49. The van der Waals surface area contributed by atoms with Gasteiger partial charge in [0.1, 0.15) is 11.3 Å². The zero-order valence-corrected chi connectivity index (χ0v) is 14.0. The Morgan fingerprint density at radius 2 is 1.77 bits per heavy atom. The lowest BCUT2D eigenvalue weighted by Gasteiger charge is -2.12. The highest BCUT2D eigenvalue weighted by molar-refractivity contribution is 6.09. The zero-order chi connectivity index (χ0) is 18.5. The fourth-order valence-electron chi connectivity index (χ4n) is 2.49. The molecule has 6 nitrogen and oxygen atoms in total. The van der Waals surface area contributed by atoms with Gasteiger partial charge in [0.15, 0.2) is 0 Å². The molecule has 0 spiro atoms. The van der Waals surface area contributed by atoms with Gasteiger partial charge < -0.3 is 15.2 Å². The van der Waals surface area contributed by atoms with Crippen LogP contribution < -0.4 is 10.1 Å². The normalized spacial score (nSPS) is 10.2. The van der Waals surface area contributed by atoms with Crippen molar-refractivity contribution in [2.45, 2.75) is 6.92 Å². The van der Waals surface area contributed by atoms with Crippen molar-refractivity contribution in [2.75, 3.05) is 5.32 Å². The number of anilines is 1. The number of amides is 1. The van der Waals surface area contributed by atoms with E-state index < -0.39 is 11.9 Å². The molecule has 0 saturated heterocycles. The Morgan fingerprint density at radius 3 is 2.50 bits per heavy atom. The number of benzene rings is 2. The number of pyridine rings is 1. The van der Waals surface area contributed by atoms with Crippen LogP contribution in [0.1, 0.15) is 26.3 Å². The molecule has 26 heavy (non-hydrogen) atoms. The molecule has 0 aliphatic rings. The second-order valence-corrected chi connectivity index (χ2v) is 5.53. The maximum Gasteiger partial charge on any atom is 0.338 e. The summed E-state index contributed by atoms with van der Waals surface area (Å²) in [7, 11) is 0. The van der Waals surface area contributed by atoms with Crippen LogP contribution in [-0.2, 0) is 0 Å². The fraction of sp³-hybridized carbons (Fsp3) is 0.0500. The molecular formula is C20H16N2O4. The van der Waals surface area contributed by atoms with Crippen molar-refractivity contribution in [3.8, 4) is 11.6 Å². The molecule has 3 rings (SSSR count). The Balaban J connectivity index is 1.90. The number of carbonyl (C=O) groups is 2. The topological polar surface area (TPSA) is 88.5 Å². The highest BCUT2D eigenvalue weighted by Gasteiger charge is 2.19. The number of para-hydroxylation sites is 1. The Hall–Kier alpha value is -3.67. The van der Waals surface area contributed by atoms with Crippen molar-refractivity contribution in [2.24, 2.45) is 0 Å². The third kappa shape index (κ3) is 3.70. The van der Waals surface area contributed by atoms with Crippen molar-refractivity contribution >= 4 is 17.6 Å². The predicted molar refractivity (Wildman–Crippen MR) is 96.8 cm³/mol. The first-order valence-corrected chi connectivity index (χ1v) is 7.88. The van der Waals surface area contributed by atoms with Crippen LogP contribution in [0.2, 0.25) is 0 Å². The van der Waals surface area contributed by atoms with E-state index in [2.05, 4.69) is 10.3 Å². The first-order valence-electron chi connectivity index (χ1n) is 7.88. The second kappa shape index (κ2) is 7.48. The van der Waals surface area contributed by atoms with Gasteiger partial charge in [0, 0.05) is 6.20 Å². The summed E-state index contributed by atoms with van der Waals surface area (Å²) in [6.07, 6.45) is 1.52. The Kier molecular flexibility index (Phi) is 4.94. The van der Waals surface area contributed by atoms with Gasteiger partial charge >= 0.3 is 5.97 Å². The van der Waals surface area contributed by atoms with E-state index in [1.54, 1.807) is 49.4 Å². The smallest absolute Gasteiger partial charge is 0.338 e. The quantitative estimate of drug-likeness (QED) is 0.724. The third-order valence-electron chi connectivity index (χ3n) is 3.71. The van der Waals surface area contributed by atoms with Crippen molar-refractivity contribution < 1.29 is 19.4 Å². The van der Waals surface area contributed by atoms with Crippen molar-refractivity contribution in [1.82, 2.24) is 4.98 Å². The minimum absolute atomic E-state index is 0.0512. The van der Waals surface area contributed by atoms with Crippen LogP contribution in [0.5, 0.6) is 11.6 Å². The molecule has 1 amide bonds. The number of aryl methyl sites for hydroxylation is 1. The molecular weight excluding hydrogens is 332 g/mol. The predicted octanol–water partition coefficient (Wildman–Crippen LogP) is 4.13. The summed E-state index contributed by atoms with van der Waals surface area (Å²) in [5, 5.41) is 12.0. The second-order valence-electron chi connectivity index (χ2n) is 5.53. The third-order valence-corrected chi connectivity index (χ3v) is 3.71. The lowest BCUT2D eigenvalue weighted by molar-refractivity contribution is 0.0697. The highest BCUT2D eigenvalue weighted by Crippen LogP contribution is 2.25. The van der Waals surface area contributed by atoms with Gasteiger partial charge in [-0.2, -0.15) is 0 Å². The molecule has 6 heteroatoms. The largest absolute Gasteiger partial charge is 0.478 e. The number of carboxylic acids is 1. The van der Waals surface area contributed by atoms with E-state index in [1.807, 2.05) is 18.2 Å². The summed E-state index contributed by atoms with van der Waals surface area (Å²) in [5.74, 6) is -0.926. The van der Waals surface area contributed by atoms with E-state index in [0.29, 0.717) is 11.3 Å². The summed E-state index contributed by atoms with van der Waals surface area (Å²) in [6.45, 7) is 1.67. The lowest BCUT2D eigenvalue weighted by Crippen LogP contribution is -2.16. The van der Waals surface area contributed by atoms with Gasteiger partial charge in [0.05, 0.1) is 11.3 Å².